The number of nitrogens with zero attached hydrogens (tertiary/aromatic N) is 8. The van der Waals surface area contributed by atoms with Crippen LogP contribution in [0.15, 0.2) is 236 Å². The zero-order chi connectivity index (χ0) is 109. The van der Waals surface area contributed by atoms with E-state index in [1.165, 1.54) is 23.1 Å². The number of nitrogens with one attached hydrogen (secondary N) is 3. The van der Waals surface area contributed by atoms with Crippen LogP contribution in [0, 0.1) is 0 Å². The number of anilines is 4. The molecule has 8 heterocycles. The molecular formula is C112H130F4N12O18S4. The molecule has 16 rings (SSSR count). The molecular weight excluding hydrogens is 2010 g/mol. The lowest BCUT2D eigenvalue weighted by molar-refractivity contribution is -0.146. The number of rotatable bonds is 25. The second-order valence-electron chi connectivity index (χ2n) is 37.5. The molecule has 150 heavy (non-hydrogen) atoms. The van der Waals surface area contributed by atoms with E-state index in [0.717, 1.165) is 143 Å². The smallest absolute Gasteiger partial charge is 0.315 e. The highest BCUT2D eigenvalue weighted by Crippen LogP contribution is 2.50. The highest BCUT2D eigenvalue weighted by molar-refractivity contribution is 8.09. The number of carbonyl (C=O) groups excluding carboxylic acids is 6. The maximum atomic E-state index is 13.0. The van der Waals surface area contributed by atoms with E-state index in [2.05, 4.69) is 80.7 Å². The normalized spacial score (nSPS) is 16.2. The van der Waals surface area contributed by atoms with Crippen molar-refractivity contribution >= 4 is 121 Å². The zero-order valence-corrected chi connectivity index (χ0v) is 89.9. The van der Waals surface area contributed by atoms with Gasteiger partial charge in [-0.15, -0.1) is 0 Å². The molecule has 0 unspecified atom stereocenters. The number of hydrogen-bond donors (Lipinski definition) is 4. The molecule has 8 aromatic carbocycles. The van der Waals surface area contributed by atoms with Gasteiger partial charge in [0.25, 0.3) is 35.4 Å². The minimum atomic E-state index is -4.22. The fraction of sp³-hybridized carbons (Fsp3) is 0.384. The van der Waals surface area contributed by atoms with Crippen molar-refractivity contribution in [3.63, 3.8) is 0 Å². The maximum absolute atomic E-state index is 13.0. The molecule has 6 amide bonds. The number of nitrogen functional groups attached to an aromatic ring is 1. The van der Waals surface area contributed by atoms with E-state index >= 15 is 0 Å². The molecule has 8 aliphatic rings. The Bertz CT molecular complexity index is 7100. The minimum Gasteiger partial charge on any atom is -0.482 e. The lowest BCUT2D eigenvalue weighted by Gasteiger charge is -2.43. The Hall–Kier alpha value is -14.0. The van der Waals surface area contributed by atoms with Crippen LogP contribution in [0.3, 0.4) is 0 Å². The van der Waals surface area contributed by atoms with Crippen molar-refractivity contribution in [3.05, 3.63) is 303 Å². The number of amides is 6. The Morgan fingerprint density at radius 3 is 0.920 bits per heavy atom. The fourth-order valence-corrected chi connectivity index (χ4v) is 23.4. The molecule has 0 atom stereocenters. The number of fused-ring (bicyclic) bond motifs is 4. The first-order valence-electron chi connectivity index (χ1n) is 49.7. The van der Waals surface area contributed by atoms with Crippen molar-refractivity contribution in [2.45, 2.75) is 142 Å². The van der Waals surface area contributed by atoms with E-state index in [-0.39, 0.29) is 68.3 Å². The van der Waals surface area contributed by atoms with Gasteiger partial charge in [0.2, 0.25) is 40.1 Å². The molecule has 4 saturated heterocycles. The monoisotopic (exact) mass is 2130 g/mol. The van der Waals surface area contributed by atoms with E-state index in [1.54, 1.807) is 68.1 Å². The molecule has 38 heteroatoms. The molecule has 0 saturated carbocycles. The van der Waals surface area contributed by atoms with E-state index < -0.39 is 87.2 Å². The van der Waals surface area contributed by atoms with Crippen LogP contribution in [-0.2, 0) is 49.7 Å². The largest absolute Gasteiger partial charge is 0.482 e. The van der Waals surface area contributed by atoms with Gasteiger partial charge in [0, 0.05) is 205 Å². The van der Waals surface area contributed by atoms with Gasteiger partial charge in [0.15, 0.2) is 0 Å². The first-order valence-corrected chi connectivity index (χ1v) is 57.2. The van der Waals surface area contributed by atoms with Crippen molar-refractivity contribution in [3.8, 4) is 23.0 Å². The average Bonchev–Trinajstić information content (AvgIpc) is 0.611. The first-order chi connectivity index (χ1) is 71.1. The van der Waals surface area contributed by atoms with Crippen molar-refractivity contribution < 1.29 is 98.9 Å². The summed E-state index contributed by atoms with van der Waals surface area (Å²) in [6.07, 6.45) is 10.6. The topological polar surface area (TPSA) is 364 Å². The Labute approximate surface area is 876 Å². The fourth-order valence-electron chi connectivity index (χ4n) is 19.3. The third-order valence-corrected chi connectivity index (χ3v) is 31.6. The van der Waals surface area contributed by atoms with Crippen molar-refractivity contribution in [2.75, 3.05) is 156 Å². The lowest BCUT2D eigenvalue weighted by Crippen LogP contribution is -2.51. The summed E-state index contributed by atoms with van der Waals surface area (Å²) in [5.74, 6) is -0.0533. The van der Waals surface area contributed by atoms with Crippen LogP contribution in [0.25, 0.3) is 22.3 Å². The highest BCUT2D eigenvalue weighted by atomic mass is 32.3. The molecule has 0 aromatic heterocycles. The molecule has 798 valence electrons. The minimum absolute atomic E-state index is 0.0161. The maximum Gasteiger partial charge on any atom is 0.315 e. The number of alkyl halides is 4. The Kier molecular flexibility index (Phi) is 37.6. The van der Waals surface area contributed by atoms with Crippen molar-refractivity contribution in [1.29, 1.82) is 0 Å². The molecule has 8 aliphatic heterocycles. The van der Waals surface area contributed by atoms with E-state index in [0.29, 0.717) is 136 Å². The third-order valence-electron chi connectivity index (χ3n) is 27.2. The number of ether oxygens (including phenoxy) is 4. The van der Waals surface area contributed by atoms with Gasteiger partial charge in [-0.2, -0.15) is 21.3 Å². The van der Waals surface area contributed by atoms with E-state index in [1.807, 2.05) is 171 Å². The molecule has 4 fully saturated rings. The van der Waals surface area contributed by atoms with E-state index in [9.17, 15) is 80.0 Å². The first kappa shape index (κ1) is 115. The van der Waals surface area contributed by atoms with Gasteiger partial charge < -0.3 is 64.3 Å². The van der Waals surface area contributed by atoms with E-state index in [4.69, 9.17) is 24.7 Å². The van der Waals surface area contributed by atoms with Crippen LogP contribution in [0.2, 0.25) is 0 Å². The van der Waals surface area contributed by atoms with Gasteiger partial charge >= 0.3 is 12.9 Å². The Balaban J connectivity index is 0.000000174. The second kappa shape index (κ2) is 49.2. The molecule has 4 spiro atoms. The van der Waals surface area contributed by atoms with Gasteiger partial charge in [-0.1, -0.05) is 60.0 Å². The predicted molar refractivity (Wildman–Crippen MR) is 577 cm³/mol. The highest BCUT2D eigenvalue weighted by Gasteiger charge is 2.46. The van der Waals surface area contributed by atoms with Crippen molar-refractivity contribution in [1.82, 2.24) is 39.6 Å². The zero-order valence-electron chi connectivity index (χ0n) is 86.7. The lowest BCUT2D eigenvalue weighted by atomic mass is 9.82. The van der Waals surface area contributed by atoms with Gasteiger partial charge in [0.05, 0.1) is 30.7 Å². The van der Waals surface area contributed by atoms with Crippen LogP contribution in [0.4, 0.5) is 40.3 Å². The summed E-state index contributed by atoms with van der Waals surface area (Å²) in [7, 11) is -13.1. The van der Waals surface area contributed by atoms with Gasteiger partial charge in [0.1, 0.15) is 45.4 Å². The Morgan fingerprint density at radius 2 is 0.647 bits per heavy atom. The number of halogens is 4. The number of carbonyl (C=O) groups is 6. The predicted octanol–water partition coefficient (Wildman–Crippen LogP) is 16.4. The number of nitrogens with two attached hydrogens (primary N) is 1. The molecule has 0 bridgehead atoms. The summed E-state index contributed by atoms with van der Waals surface area (Å²) in [5.41, 5.74) is 29.2. The van der Waals surface area contributed by atoms with Crippen LogP contribution < -0.4 is 43.2 Å². The average molecular weight is 2140 g/mol. The third kappa shape index (κ3) is 28.2. The van der Waals surface area contributed by atoms with Crippen LogP contribution >= 0.6 is 0 Å². The van der Waals surface area contributed by atoms with Crippen LogP contribution in [-0.4, -0.2) is 275 Å². The van der Waals surface area contributed by atoms with Gasteiger partial charge in [-0.3, -0.25) is 38.2 Å². The van der Waals surface area contributed by atoms with Gasteiger partial charge in [-0.25, -0.2) is 33.7 Å². The number of likely N-dealkylation sites (tertiary alicyclic amines) is 3. The second-order valence-corrected chi connectivity index (χ2v) is 44.9. The molecule has 8 aromatic rings. The summed E-state index contributed by atoms with van der Waals surface area (Å²) in [4.78, 5) is 86.3. The SMILES string of the molecule is C=C=C=C=C=C=C.CCN(CC)C(=O)c1ccc(C2=CC3(CCN(C(=O)C(F)F)CC3)Oc3ccc(N(S(C)(=O)=O)S(C)(=O)=O)cc32)cc1.CCN(CC)C(=O)c1ccc(C2=CC3(CCN(C(=O)C(F)F)CC3)Oc3ccc(N)cc32)cc1.CCN(CC)C(=O)c1ccc(C2=CC3(CCN(C)CC3)Oc3ccc(NS(C)(=O)=O)cc32)cc1.CCN(CC)C(=O)c1ccc(C2=CC3(CCNCC3)Oc3ccc(NS(C)(=O)=O)cc32)cc1. The number of sulfonamides is 4. The quantitative estimate of drug-likeness (QED) is 0.0234. The standard InChI is InChI=1S/C28H33F2N3O7S2.C26H29F2N3O3.C26H33N3O4S.C25H31N3O4S.C7H4/c1-5-31(6-2)26(34)20-9-7-19(8-10-20)23-18-28(13-15-32(16-14-28)27(35)25(29)30)40-24-12-11-21(17-22(23)24)33(41(3,36)37)42(4,38)39;1-3-30(4-2)24(32)18-7-5-17(6-8-18)21-16-26(34-22-10-9-19(29)15-20(21)22)11-13-31(14-12-26)25(33)23(27)28;1-5-29(6-2)25(30)20-9-7-19(8-10-20)23-18-26(13-15-28(3)16-14-26)33-24-12-11-21(17-22(23)24)27-34(4,31)32;1-4-28(5-2)24(29)19-8-6-18(7-9-19)22-17-25(12-14-26-15-13-25)32-23-11-10-20(16-21(22)23)27-33(3,30)31;1-3-5-7-6-4-2/h7-12,17-18,25H,5-6,13-16H2,1-4H3;5-10,15-16,23H,3-4,11-14,29H2,1-2H3;7-12,17-18,27H,5-6,13-16H2,1-4H3;6-11,16-17,26-27H,4-5,12-15H2,1-3H3;1-2H2. The van der Waals surface area contributed by atoms with Crippen LogP contribution in [0.5, 0.6) is 23.0 Å². The summed E-state index contributed by atoms with van der Waals surface area (Å²) >= 11 is 0. The molecule has 5 N–H and O–H groups in total. The molecule has 30 nitrogen and oxygen atoms in total. The summed E-state index contributed by atoms with van der Waals surface area (Å²) < 4.78 is 180. The van der Waals surface area contributed by atoms with Crippen molar-refractivity contribution in [2.24, 2.45) is 0 Å². The number of hydrogen-bond acceptors (Lipinski definition) is 21. The van der Waals surface area contributed by atoms with Gasteiger partial charge in [-0.05, 0) is 296 Å². The Morgan fingerprint density at radius 1 is 0.380 bits per heavy atom. The summed E-state index contributed by atoms with van der Waals surface area (Å²) in [6, 6.07) is 49.9. The number of benzene rings is 8. The molecule has 0 radical (unpaired) electrons. The molecule has 0 aliphatic carbocycles. The summed E-state index contributed by atoms with van der Waals surface area (Å²) in [6.45, 7) is 31.1. The number of piperidine rings is 4. The van der Waals surface area contributed by atoms with Crippen LogP contribution in [0.1, 0.15) is 193 Å². The summed E-state index contributed by atoms with van der Waals surface area (Å²) in [5, 5.41) is 3.38.